The van der Waals surface area contributed by atoms with Crippen molar-refractivity contribution in [3.05, 3.63) is 58.0 Å². The molecule has 0 bridgehead atoms. The monoisotopic (exact) mass is 409 g/mol. The second-order valence-electron chi connectivity index (χ2n) is 4.80. The zero-order valence-electron chi connectivity index (χ0n) is 12.1. The molecule has 0 radical (unpaired) electrons. The number of amides is 1. The van der Waals surface area contributed by atoms with Gasteiger partial charge in [-0.3, -0.25) is 4.79 Å². The molecule has 1 amide bonds. The lowest BCUT2D eigenvalue weighted by Crippen LogP contribution is -2.20. The molecule has 8 heteroatoms. The molecule has 0 spiro atoms. The molecule has 2 aromatic carbocycles. The number of carbonyl (C=O) groups is 1. The van der Waals surface area contributed by atoms with Crippen LogP contribution in [0.15, 0.2) is 47.2 Å². The van der Waals surface area contributed by atoms with Crippen LogP contribution in [-0.2, 0) is 4.79 Å². The Kier molecular flexibility index (Phi) is 4.92. The highest BCUT2D eigenvalue weighted by Crippen LogP contribution is 2.25. The Morgan fingerprint density at radius 3 is 2.88 bits per heavy atom. The van der Waals surface area contributed by atoms with E-state index < -0.39 is 11.7 Å². The van der Waals surface area contributed by atoms with Crippen LogP contribution >= 0.6 is 27.5 Å². The van der Waals surface area contributed by atoms with Gasteiger partial charge in [-0.15, -0.1) is 0 Å². The summed E-state index contributed by atoms with van der Waals surface area (Å²) < 4.78 is 19.3. The van der Waals surface area contributed by atoms with Gasteiger partial charge in [-0.05, 0) is 36.4 Å². The van der Waals surface area contributed by atoms with E-state index in [0.29, 0.717) is 22.5 Å². The molecule has 0 unspecified atom stereocenters. The van der Waals surface area contributed by atoms with E-state index in [1.807, 2.05) is 12.1 Å². The van der Waals surface area contributed by atoms with E-state index in [2.05, 4.69) is 31.2 Å². The third-order valence-corrected chi connectivity index (χ3v) is 3.91. The van der Waals surface area contributed by atoms with Crippen molar-refractivity contribution in [2.45, 2.75) is 0 Å². The highest BCUT2D eigenvalue weighted by molar-refractivity contribution is 9.10. The molecule has 24 heavy (non-hydrogen) atoms. The maximum Gasteiger partial charge on any atom is 0.262 e. The average molecular weight is 411 g/mol. The highest BCUT2D eigenvalue weighted by Gasteiger charge is 2.10. The molecular formula is C16H10BrClFN3O2. The van der Waals surface area contributed by atoms with E-state index in [9.17, 15) is 9.18 Å². The molecule has 1 N–H and O–H groups in total. The van der Waals surface area contributed by atoms with Gasteiger partial charge in [-0.2, -0.15) is 0 Å². The Hall–Kier alpha value is -2.25. The van der Waals surface area contributed by atoms with Gasteiger partial charge in [-0.1, -0.05) is 27.5 Å². The number of anilines is 1. The fraction of sp³-hybridized carbons (Fsp3) is 0.0625. The molecule has 0 aliphatic heterocycles. The van der Waals surface area contributed by atoms with Crippen molar-refractivity contribution < 1.29 is 13.9 Å². The van der Waals surface area contributed by atoms with Crippen molar-refractivity contribution in [2.24, 2.45) is 0 Å². The molecular weight excluding hydrogens is 401 g/mol. The molecule has 0 atom stereocenters. The third-order valence-electron chi connectivity index (χ3n) is 3.11. The lowest BCUT2D eigenvalue weighted by atomic mass is 10.2. The zero-order chi connectivity index (χ0) is 17.1. The van der Waals surface area contributed by atoms with E-state index in [-0.39, 0.29) is 11.6 Å². The zero-order valence-corrected chi connectivity index (χ0v) is 14.4. The lowest BCUT2D eigenvalue weighted by molar-refractivity contribution is -0.118. The van der Waals surface area contributed by atoms with E-state index in [0.717, 1.165) is 10.5 Å². The standard InChI is InChI=1S/C16H10BrClFN3O2/c17-9-1-3-13-11(5-9)16(21-8-20-13)24-7-15(23)22-14-4-2-10(19)6-12(14)18/h1-6,8H,7H2,(H,22,23). The van der Waals surface area contributed by atoms with Gasteiger partial charge in [0.05, 0.1) is 21.6 Å². The summed E-state index contributed by atoms with van der Waals surface area (Å²) in [7, 11) is 0. The maximum atomic E-state index is 13.0. The number of fused-ring (bicyclic) bond motifs is 1. The molecule has 0 aliphatic carbocycles. The molecule has 1 heterocycles. The third kappa shape index (κ3) is 3.80. The predicted octanol–water partition coefficient (Wildman–Crippen LogP) is 4.20. The summed E-state index contributed by atoms with van der Waals surface area (Å²) in [6, 6.07) is 9.17. The smallest absolute Gasteiger partial charge is 0.262 e. The minimum Gasteiger partial charge on any atom is -0.467 e. The van der Waals surface area contributed by atoms with Crippen molar-refractivity contribution >= 4 is 50.0 Å². The number of hydrogen-bond donors (Lipinski definition) is 1. The van der Waals surface area contributed by atoms with Crippen LogP contribution in [-0.4, -0.2) is 22.5 Å². The van der Waals surface area contributed by atoms with Crippen LogP contribution in [0.25, 0.3) is 10.9 Å². The summed E-state index contributed by atoms with van der Waals surface area (Å²) in [4.78, 5) is 20.2. The molecule has 5 nitrogen and oxygen atoms in total. The van der Waals surface area contributed by atoms with E-state index in [1.165, 1.54) is 18.5 Å². The number of nitrogens with one attached hydrogen (secondary N) is 1. The van der Waals surface area contributed by atoms with Gasteiger partial charge in [-0.25, -0.2) is 14.4 Å². The van der Waals surface area contributed by atoms with Crippen LogP contribution in [0.4, 0.5) is 10.1 Å². The van der Waals surface area contributed by atoms with E-state index in [1.54, 1.807) is 6.07 Å². The van der Waals surface area contributed by atoms with Crippen LogP contribution in [0.2, 0.25) is 5.02 Å². The minimum atomic E-state index is -0.479. The molecule has 3 aromatic rings. The van der Waals surface area contributed by atoms with Crippen LogP contribution in [0.1, 0.15) is 0 Å². The maximum absolute atomic E-state index is 13.0. The summed E-state index contributed by atoms with van der Waals surface area (Å²) in [5.74, 6) is -0.626. The van der Waals surface area contributed by atoms with Gasteiger partial charge >= 0.3 is 0 Å². The van der Waals surface area contributed by atoms with Gasteiger partial charge in [0.1, 0.15) is 12.1 Å². The quantitative estimate of drug-likeness (QED) is 0.700. The predicted molar refractivity (Wildman–Crippen MR) is 92.8 cm³/mol. The first-order chi connectivity index (χ1) is 11.5. The first kappa shape index (κ1) is 16.6. The number of aromatic nitrogens is 2. The van der Waals surface area contributed by atoms with Crippen LogP contribution in [0, 0.1) is 5.82 Å². The highest BCUT2D eigenvalue weighted by atomic mass is 79.9. The Balaban J connectivity index is 1.71. The average Bonchev–Trinajstić information content (AvgIpc) is 2.55. The number of ether oxygens (including phenoxy) is 1. The molecule has 0 fully saturated rings. The summed E-state index contributed by atoms with van der Waals surface area (Å²) in [6.45, 7) is -0.271. The topological polar surface area (TPSA) is 64.1 Å². The molecule has 0 aliphatic rings. The number of rotatable bonds is 4. The van der Waals surface area contributed by atoms with Crippen molar-refractivity contribution in [2.75, 3.05) is 11.9 Å². The first-order valence-electron chi connectivity index (χ1n) is 6.81. The minimum absolute atomic E-state index is 0.111. The van der Waals surface area contributed by atoms with Crippen LogP contribution in [0.3, 0.4) is 0 Å². The summed E-state index contributed by atoms with van der Waals surface area (Å²) in [5, 5.41) is 3.34. The van der Waals surface area contributed by atoms with Gasteiger partial charge in [0.2, 0.25) is 5.88 Å². The largest absolute Gasteiger partial charge is 0.467 e. The van der Waals surface area contributed by atoms with Crippen molar-refractivity contribution in [3.8, 4) is 5.88 Å². The fourth-order valence-corrected chi connectivity index (χ4v) is 2.61. The number of carbonyl (C=O) groups excluding carboxylic acids is 1. The first-order valence-corrected chi connectivity index (χ1v) is 7.98. The summed E-state index contributed by atoms with van der Waals surface area (Å²) in [6.07, 6.45) is 1.36. The van der Waals surface area contributed by atoms with E-state index in [4.69, 9.17) is 16.3 Å². The second-order valence-corrected chi connectivity index (χ2v) is 6.12. The van der Waals surface area contributed by atoms with Gasteiger partial charge in [0.15, 0.2) is 6.61 Å². The van der Waals surface area contributed by atoms with Gasteiger partial charge < -0.3 is 10.1 Å². The second kappa shape index (κ2) is 7.11. The summed E-state index contributed by atoms with van der Waals surface area (Å²) >= 11 is 9.23. The van der Waals surface area contributed by atoms with Crippen molar-refractivity contribution in [1.29, 1.82) is 0 Å². The number of benzene rings is 2. The Bertz CT molecular complexity index is 923. The summed E-state index contributed by atoms with van der Waals surface area (Å²) in [5.41, 5.74) is 1.01. The van der Waals surface area contributed by atoms with Crippen molar-refractivity contribution in [1.82, 2.24) is 9.97 Å². The lowest BCUT2D eigenvalue weighted by Gasteiger charge is -2.09. The van der Waals surface area contributed by atoms with Crippen molar-refractivity contribution in [3.63, 3.8) is 0 Å². The molecule has 0 saturated heterocycles. The van der Waals surface area contributed by atoms with Crippen LogP contribution < -0.4 is 10.1 Å². The molecule has 122 valence electrons. The normalized spacial score (nSPS) is 10.6. The Morgan fingerprint density at radius 2 is 2.08 bits per heavy atom. The van der Waals surface area contributed by atoms with Gasteiger partial charge in [0.25, 0.3) is 5.91 Å². The molecule has 3 rings (SSSR count). The Labute approximate surface area is 150 Å². The number of halogens is 3. The Morgan fingerprint density at radius 1 is 1.25 bits per heavy atom. The van der Waals surface area contributed by atoms with Gasteiger partial charge in [0, 0.05) is 4.47 Å². The van der Waals surface area contributed by atoms with Crippen LogP contribution in [0.5, 0.6) is 5.88 Å². The molecule has 0 saturated carbocycles. The van der Waals surface area contributed by atoms with E-state index >= 15 is 0 Å². The fourth-order valence-electron chi connectivity index (χ4n) is 2.03. The SMILES string of the molecule is O=C(COc1ncnc2ccc(Br)cc12)Nc1ccc(F)cc1Cl. The number of hydrogen-bond acceptors (Lipinski definition) is 4. The molecule has 1 aromatic heterocycles. The number of nitrogens with zero attached hydrogens (tertiary/aromatic N) is 2.